The Labute approximate surface area is 278 Å². The zero-order valence-electron chi connectivity index (χ0n) is 27.2. The van der Waals surface area contributed by atoms with Gasteiger partial charge in [-0.05, 0) is 107 Å². The average molecular weight is 610 g/mol. The topological polar surface area (TPSA) is 49.6 Å². The summed E-state index contributed by atoms with van der Waals surface area (Å²) >= 11 is 0. The number of benzene rings is 5. The van der Waals surface area contributed by atoms with Crippen LogP contribution in [0.15, 0.2) is 121 Å². The van der Waals surface area contributed by atoms with E-state index in [1.807, 2.05) is 36.4 Å². The van der Waals surface area contributed by atoms with Gasteiger partial charge in [-0.25, -0.2) is 9.97 Å². The summed E-state index contributed by atoms with van der Waals surface area (Å²) in [5.41, 5.74) is 9.85. The molecule has 1 aromatic heterocycles. The standard InChI is InChI=1S/C44H39N3/c1-29-20-32-21-30(2)26-44(25-29,27-32)40-18-16-35(17-19-40)42-24-41(46-43(47-42)36-6-4-3-5-7-36)34-12-10-33(11-13-34)38-15-14-37-22-31(28-45)8-9-39(37)23-38/h3-19,22-24,29-30,32H,20-21,25-27H2,1-2H3/t29-,30+,32-,44?. The Morgan fingerprint density at radius 2 is 1.15 bits per heavy atom. The summed E-state index contributed by atoms with van der Waals surface area (Å²) in [5, 5.41) is 11.5. The summed E-state index contributed by atoms with van der Waals surface area (Å²) in [7, 11) is 0. The lowest BCUT2D eigenvalue weighted by atomic mass is 9.54. The molecule has 5 aromatic carbocycles. The highest BCUT2D eigenvalue weighted by atomic mass is 14.9. The van der Waals surface area contributed by atoms with Crippen molar-refractivity contribution in [1.82, 2.24) is 9.97 Å². The van der Waals surface area contributed by atoms with Crippen molar-refractivity contribution in [1.29, 1.82) is 5.26 Å². The lowest BCUT2D eigenvalue weighted by Crippen LogP contribution is -2.42. The fourth-order valence-corrected chi connectivity index (χ4v) is 8.84. The van der Waals surface area contributed by atoms with Gasteiger partial charge in [-0.3, -0.25) is 0 Å². The molecule has 2 saturated carbocycles. The molecule has 47 heavy (non-hydrogen) atoms. The van der Waals surface area contributed by atoms with Gasteiger partial charge in [-0.2, -0.15) is 5.26 Å². The second kappa shape index (κ2) is 11.9. The van der Waals surface area contributed by atoms with Crippen molar-refractivity contribution < 1.29 is 0 Å². The Kier molecular flexibility index (Phi) is 7.45. The Bertz CT molecular complexity index is 2090. The minimum absolute atomic E-state index is 0.316. The Morgan fingerprint density at radius 1 is 0.574 bits per heavy atom. The SMILES string of the molecule is C[C@@H]1C[C@@H]2C[C@H](C)CC(c3ccc(-c4cc(-c5ccc(-c6ccc7cc(C#N)ccc7c6)cc5)nc(-c5ccccc5)n4)cc3)(C1)C2. The van der Waals surface area contributed by atoms with Crippen LogP contribution in [-0.2, 0) is 5.41 Å². The van der Waals surface area contributed by atoms with Crippen molar-refractivity contribution in [2.24, 2.45) is 17.8 Å². The highest BCUT2D eigenvalue weighted by Gasteiger charge is 2.45. The highest BCUT2D eigenvalue weighted by molar-refractivity contribution is 5.88. The van der Waals surface area contributed by atoms with Crippen LogP contribution in [0.25, 0.3) is 55.8 Å². The van der Waals surface area contributed by atoms with Crippen LogP contribution < -0.4 is 0 Å². The molecule has 3 nitrogen and oxygen atoms in total. The largest absolute Gasteiger partial charge is 0.228 e. The Balaban J connectivity index is 1.14. The smallest absolute Gasteiger partial charge is 0.160 e. The zero-order valence-corrected chi connectivity index (χ0v) is 27.2. The summed E-state index contributed by atoms with van der Waals surface area (Å²) in [6.45, 7) is 4.92. The first-order chi connectivity index (χ1) is 22.9. The molecule has 0 aliphatic heterocycles. The van der Waals surface area contributed by atoms with Crippen LogP contribution in [0.1, 0.15) is 57.1 Å². The van der Waals surface area contributed by atoms with Crippen LogP contribution in [0.5, 0.6) is 0 Å². The van der Waals surface area contributed by atoms with Crippen LogP contribution in [0.2, 0.25) is 0 Å². The predicted octanol–water partition coefficient (Wildman–Crippen LogP) is 11.3. The number of fused-ring (bicyclic) bond motifs is 3. The minimum atomic E-state index is 0.316. The van der Waals surface area contributed by atoms with Crippen molar-refractivity contribution in [2.45, 2.75) is 51.4 Å². The maximum absolute atomic E-state index is 9.26. The second-order valence-corrected chi connectivity index (χ2v) is 14.3. The van der Waals surface area contributed by atoms with E-state index in [1.165, 1.54) is 37.7 Å². The zero-order chi connectivity index (χ0) is 32.0. The molecule has 0 radical (unpaired) electrons. The molecule has 2 bridgehead atoms. The molecule has 2 aliphatic carbocycles. The van der Waals surface area contributed by atoms with E-state index >= 15 is 0 Å². The van der Waals surface area contributed by atoms with Gasteiger partial charge in [0.2, 0.25) is 0 Å². The third-order valence-corrected chi connectivity index (χ3v) is 10.7. The monoisotopic (exact) mass is 609 g/mol. The van der Waals surface area contributed by atoms with Gasteiger partial charge in [0.25, 0.3) is 0 Å². The number of hydrogen-bond acceptors (Lipinski definition) is 3. The fourth-order valence-electron chi connectivity index (χ4n) is 8.84. The summed E-state index contributed by atoms with van der Waals surface area (Å²) in [4.78, 5) is 10.2. The van der Waals surface area contributed by atoms with Crippen molar-refractivity contribution in [3.8, 4) is 51.1 Å². The first-order valence-electron chi connectivity index (χ1n) is 17.0. The summed E-state index contributed by atoms with van der Waals surface area (Å²) in [5.74, 6) is 3.19. The highest BCUT2D eigenvalue weighted by Crippen LogP contribution is 2.54. The Morgan fingerprint density at radius 3 is 1.81 bits per heavy atom. The van der Waals surface area contributed by atoms with E-state index in [2.05, 4.69) is 105 Å². The van der Waals surface area contributed by atoms with Gasteiger partial charge in [0.1, 0.15) is 0 Å². The number of nitriles is 1. The molecule has 230 valence electrons. The van der Waals surface area contributed by atoms with Gasteiger partial charge in [0, 0.05) is 16.7 Å². The molecule has 1 heterocycles. The molecule has 0 amide bonds. The maximum atomic E-state index is 9.26. The van der Waals surface area contributed by atoms with Crippen LogP contribution in [0.3, 0.4) is 0 Å². The third-order valence-electron chi connectivity index (χ3n) is 10.7. The quantitative estimate of drug-likeness (QED) is 0.195. The van der Waals surface area contributed by atoms with Gasteiger partial charge in [0.15, 0.2) is 5.82 Å². The van der Waals surface area contributed by atoms with Crippen LogP contribution in [0.4, 0.5) is 0 Å². The lowest BCUT2D eigenvalue weighted by Gasteiger charge is -2.50. The lowest BCUT2D eigenvalue weighted by molar-refractivity contribution is 0.0780. The van der Waals surface area contributed by atoms with Crippen molar-refractivity contribution in [3.63, 3.8) is 0 Å². The molecule has 3 heteroatoms. The van der Waals surface area contributed by atoms with Gasteiger partial charge in [-0.15, -0.1) is 0 Å². The number of nitrogens with zero attached hydrogens (tertiary/aromatic N) is 3. The van der Waals surface area contributed by atoms with Crippen molar-refractivity contribution in [3.05, 3.63) is 132 Å². The van der Waals surface area contributed by atoms with Gasteiger partial charge in [0.05, 0.1) is 23.0 Å². The molecule has 2 aliphatic rings. The van der Waals surface area contributed by atoms with Crippen LogP contribution in [0, 0.1) is 29.1 Å². The van der Waals surface area contributed by atoms with Gasteiger partial charge >= 0.3 is 0 Å². The normalized spacial score (nSPS) is 22.1. The molecule has 8 rings (SSSR count). The molecule has 0 saturated heterocycles. The maximum Gasteiger partial charge on any atom is 0.160 e. The van der Waals surface area contributed by atoms with E-state index in [0.717, 1.165) is 73.6 Å². The first-order valence-corrected chi connectivity index (χ1v) is 17.0. The third kappa shape index (κ3) is 5.74. The van der Waals surface area contributed by atoms with Crippen molar-refractivity contribution >= 4 is 10.8 Å². The number of hydrogen-bond donors (Lipinski definition) is 0. The minimum Gasteiger partial charge on any atom is -0.228 e. The van der Waals surface area contributed by atoms with E-state index < -0.39 is 0 Å². The van der Waals surface area contributed by atoms with E-state index in [4.69, 9.17) is 9.97 Å². The molecular weight excluding hydrogens is 571 g/mol. The second-order valence-electron chi connectivity index (χ2n) is 14.3. The summed E-state index contributed by atoms with van der Waals surface area (Å²) in [6.07, 6.45) is 6.74. The van der Waals surface area contributed by atoms with Crippen LogP contribution in [-0.4, -0.2) is 9.97 Å². The van der Waals surface area contributed by atoms with Crippen LogP contribution >= 0.6 is 0 Å². The van der Waals surface area contributed by atoms with E-state index in [0.29, 0.717) is 11.0 Å². The predicted molar refractivity (Wildman–Crippen MR) is 193 cm³/mol. The molecule has 0 N–H and O–H groups in total. The molecule has 1 unspecified atom stereocenters. The average Bonchev–Trinajstić information content (AvgIpc) is 3.11. The molecule has 0 spiro atoms. The molecule has 6 aromatic rings. The summed E-state index contributed by atoms with van der Waals surface area (Å²) in [6, 6.07) is 44.9. The van der Waals surface area contributed by atoms with E-state index in [9.17, 15) is 5.26 Å². The van der Waals surface area contributed by atoms with Gasteiger partial charge < -0.3 is 0 Å². The van der Waals surface area contributed by atoms with Crippen molar-refractivity contribution in [2.75, 3.05) is 0 Å². The van der Waals surface area contributed by atoms with E-state index in [-0.39, 0.29) is 0 Å². The molecule has 2 fully saturated rings. The number of aromatic nitrogens is 2. The van der Waals surface area contributed by atoms with E-state index in [1.54, 1.807) is 0 Å². The first kappa shape index (κ1) is 29.3. The fraction of sp³-hybridized carbons (Fsp3) is 0.250. The number of rotatable bonds is 5. The molecular formula is C44H39N3. The Hall–Kier alpha value is -5.07. The summed E-state index contributed by atoms with van der Waals surface area (Å²) < 4.78 is 0. The molecule has 4 atom stereocenters. The van der Waals surface area contributed by atoms with Gasteiger partial charge in [-0.1, -0.05) is 111 Å².